The van der Waals surface area contributed by atoms with Crippen molar-refractivity contribution in [3.63, 3.8) is 0 Å². The lowest BCUT2D eigenvalue weighted by Crippen LogP contribution is -2.03. The summed E-state index contributed by atoms with van der Waals surface area (Å²) in [6.07, 6.45) is 3.19. The number of hydrogen-bond donors (Lipinski definition) is 1. The lowest BCUT2D eigenvalue weighted by atomic mass is 10.1. The van der Waals surface area contributed by atoms with E-state index in [2.05, 4.69) is 10.5 Å². The summed E-state index contributed by atoms with van der Waals surface area (Å²) in [5, 5.41) is 6.55. The highest BCUT2D eigenvalue weighted by molar-refractivity contribution is 6.34. The smallest absolute Gasteiger partial charge is 0.256 e. The molecule has 4 heteroatoms. The van der Waals surface area contributed by atoms with Gasteiger partial charge in [0, 0.05) is 17.3 Å². The molecule has 0 atom stereocenters. The fourth-order valence-corrected chi connectivity index (χ4v) is 1.73. The quantitative estimate of drug-likeness (QED) is 0.737. The van der Waals surface area contributed by atoms with Crippen molar-refractivity contribution < 1.29 is 9.32 Å². The van der Waals surface area contributed by atoms with Crippen LogP contribution in [0, 0.1) is 0 Å². The minimum Gasteiger partial charge on any atom is -0.364 e. The third kappa shape index (κ3) is 1.32. The summed E-state index contributed by atoms with van der Waals surface area (Å²) in [5.74, 6) is -0.107. The zero-order chi connectivity index (χ0) is 11.0. The van der Waals surface area contributed by atoms with E-state index in [1.54, 1.807) is 12.1 Å². The summed E-state index contributed by atoms with van der Waals surface area (Å²) in [6.45, 7) is 0. The van der Waals surface area contributed by atoms with E-state index in [1.165, 1.54) is 6.26 Å². The molecule has 78 valence electrons. The van der Waals surface area contributed by atoms with Gasteiger partial charge in [-0.2, -0.15) is 0 Å². The zero-order valence-electron chi connectivity index (χ0n) is 8.31. The molecule has 0 saturated heterocycles. The number of hydrogen-bond acceptors (Lipinski definition) is 3. The first-order valence-corrected chi connectivity index (χ1v) is 4.87. The molecule has 16 heavy (non-hydrogen) atoms. The van der Waals surface area contributed by atoms with Crippen molar-refractivity contribution in [3.8, 4) is 0 Å². The molecule has 1 aliphatic rings. The van der Waals surface area contributed by atoms with Gasteiger partial charge < -0.3 is 9.84 Å². The summed E-state index contributed by atoms with van der Waals surface area (Å²) in [6, 6.07) is 9.27. The van der Waals surface area contributed by atoms with Gasteiger partial charge in [0.05, 0.1) is 5.57 Å². The van der Waals surface area contributed by atoms with Crippen molar-refractivity contribution in [2.24, 2.45) is 0 Å². The van der Waals surface area contributed by atoms with E-state index in [4.69, 9.17) is 4.52 Å². The summed E-state index contributed by atoms with van der Waals surface area (Å²) in [7, 11) is 0. The van der Waals surface area contributed by atoms with E-state index in [0.29, 0.717) is 11.3 Å². The van der Waals surface area contributed by atoms with Crippen molar-refractivity contribution in [3.05, 3.63) is 47.9 Å². The topological polar surface area (TPSA) is 55.1 Å². The van der Waals surface area contributed by atoms with E-state index < -0.39 is 0 Å². The van der Waals surface area contributed by atoms with Crippen LogP contribution in [0.2, 0.25) is 0 Å². The molecule has 0 bridgehead atoms. The van der Waals surface area contributed by atoms with Gasteiger partial charge in [0.2, 0.25) is 0 Å². The predicted molar refractivity (Wildman–Crippen MR) is 59.4 cm³/mol. The van der Waals surface area contributed by atoms with Crippen LogP contribution in [0.3, 0.4) is 0 Å². The van der Waals surface area contributed by atoms with E-state index in [1.807, 2.05) is 24.3 Å². The maximum Gasteiger partial charge on any atom is 0.256 e. The monoisotopic (exact) mass is 212 g/mol. The number of nitrogens with zero attached hydrogens (tertiary/aromatic N) is 1. The van der Waals surface area contributed by atoms with Crippen molar-refractivity contribution in [1.29, 1.82) is 0 Å². The number of para-hydroxylation sites is 1. The molecular formula is C12H8N2O2. The molecule has 4 nitrogen and oxygen atoms in total. The average Bonchev–Trinajstić information content (AvgIpc) is 2.89. The number of carbonyl (C=O) groups is 1. The molecule has 0 fully saturated rings. The number of carbonyl (C=O) groups excluding carboxylic acids is 1. The van der Waals surface area contributed by atoms with Crippen LogP contribution < -0.4 is 5.32 Å². The minimum absolute atomic E-state index is 0.107. The second-order valence-electron chi connectivity index (χ2n) is 3.48. The highest BCUT2D eigenvalue weighted by atomic mass is 16.5. The van der Waals surface area contributed by atoms with E-state index in [-0.39, 0.29) is 5.91 Å². The van der Waals surface area contributed by atoms with Gasteiger partial charge in [-0.05, 0) is 12.1 Å². The van der Waals surface area contributed by atoms with Crippen LogP contribution in [0.15, 0.2) is 41.1 Å². The molecular weight excluding hydrogens is 204 g/mol. The Kier molecular flexibility index (Phi) is 1.86. The summed E-state index contributed by atoms with van der Waals surface area (Å²) in [5.41, 5.74) is 2.99. The molecule has 1 aliphatic heterocycles. The van der Waals surface area contributed by atoms with Gasteiger partial charge in [0.25, 0.3) is 5.91 Å². The first kappa shape index (κ1) is 8.91. The normalized spacial score (nSPS) is 16.2. The van der Waals surface area contributed by atoms with Gasteiger partial charge in [-0.25, -0.2) is 0 Å². The van der Waals surface area contributed by atoms with Crippen LogP contribution in [0.1, 0.15) is 11.3 Å². The highest BCUT2D eigenvalue weighted by Gasteiger charge is 2.23. The molecule has 1 aromatic heterocycles. The molecule has 0 spiro atoms. The van der Waals surface area contributed by atoms with Gasteiger partial charge in [0.15, 0.2) is 0 Å². The molecule has 1 aromatic carbocycles. The zero-order valence-corrected chi connectivity index (χ0v) is 8.31. The van der Waals surface area contributed by atoms with Crippen molar-refractivity contribution in [2.75, 3.05) is 5.32 Å². The third-order valence-electron chi connectivity index (χ3n) is 2.46. The van der Waals surface area contributed by atoms with Crippen molar-refractivity contribution in [1.82, 2.24) is 5.16 Å². The number of rotatable bonds is 1. The maximum atomic E-state index is 11.7. The van der Waals surface area contributed by atoms with Gasteiger partial charge in [-0.15, -0.1) is 0 Å². The lowest BCUT2D eigenvalue weighted by molar-refractivity contribution is -0.110. The van der Waals surface area contributed by atoms with E-state index >= 15 is 0 Å². The van der Waals surface area contributed by atoms with Crippen LogP contribution in [0.4, 0.5) is 5.69 Å². The number of fused-ring (bicyclic) bond motifs is 1. The first-order valence-electron chi connectivity index (χ1n) is 4.87. The number of amides is 1. The Morgan fingerprint density at radius 1 is 1.25 bits per heavy atom. The highest BCUT2D eigenvalue weighted by Crippen LogP contribution is 2.32. The molecule has 1 amide bonds. The molecule has 0 radical (unpaired) electrons. The molecule has 3 rings (SSSR count). The van der Waals surface area contributed by atoms with Crippen LogP contribution in [-0.2, 0) is 4.79 Å². The molecule has 0 saturated carbocycles. The third-order valence-corrected chi connectivity index (χ3v) is 2.46. The minimum atomic E-state index is -0.107. The Hall–Kier alpha value is -2.36. The SMILES string of the molecule is O=C1Nc2ccccc2C1=Cc1ccon1. The van der Waals surface area contributed by atoms with Gasteiger partial charge in [0.1, 0.15) is 12.0 Å². The lowest BCUT2D eigenvalue weighted by Gasteiger charge is -1.95. The number of aromatic nitrogens is 1. The van der Waals surface area contributed by atoms with Crippen molar-refractivity contribution >= 4 is 23.2 Å². The second-order valence-corrected chi connectivity index (χ2v) is 3.48. The fraction of sp³-hybridized carbons (Fsp3) is 0. The Labute approximate surface area is 91.6 Å². The van der Waals surface area contributed by atoms with Crippen LogP contribution in [-0.4, -0.2) is 11.1 Å². The van der Waals surface area contributed by atoms with Gasteiger partial charge in [-0.3, -0.25) is 4.79 Å². The number of benzene rings is 1. The average molecular weight is 212 g/mol. The maximum absolute atomic E-state index is 11.7. The summed E-state index contributed by atoms with van der Waals surface area (Å²) in [4.78, 5) is 11.7. The molecule has 0 unspecified atom stereocenters. The van der Waals surface area contributed by atoms with E-state index in [9.17, 15) is 4.79 Å². The second kappa shape index (κ2) is 3.34. The summed E-state index contributed by atoms with van der Waals surface area (Å²) >= 11 is 0. The predicted octanol–water partition coefficient (Wildman–Crippen LogP) is 2.17. The van der Waals surface area contributed by atoms with Gasteiger partial charge >= 0.3 is 0 Å². The number of anilines is 1. The molecule has 0 aliphatic carbocycles. The van der Waals surface area contributed by atoms with Crippen LogP contribution >= 0.6 is 0 Å². The van der Waals surface area contributed by atoms with Crippen LogP contribution in [0.25, 0.3) is 11.6 Å². The Morgan fingerprint density at radius 2 is 2.12 bits per heavy atom. The standard InChI is InChI=1S/C12H8N2O2/c15-12-10(7-8-5-6-16-14-8)9-3-1-2-4-11(9)13-12/h1-7H,(H,13,15). The van der Waals surface area contributed by atoms with Crippen molar-refractivity contribution in [2.45, 2.75) is 0 Å². The fourth-order valence-electron chi connectivity index (χ4n) is 1.73. The van der Waals surface area contributed by atoms with Crippen LogP contribution in [0.5, 0.6) is 0 Å². The number of nitrogens with one attached hydrogen (secondary N) is 1. The Morgan fingerprint density at radius 3 is 2.94 bits per heavy atom. The Balaban J connectivity index is 2.12. The Bertz CT molecular complexity index is 570. The molecule has 2 aromatic rings. The first-order chi connectivity index (χ1) is 7.84. The largest absolute Gasteiger partial charge is 0.364 e. The molecule has 2 heterocycles. The summed E-state index contributed by atoms with van der Waals surface area (Å²) < 4.78 is 4.72. The molecule has 1 N–H and O–H groups in total. The van der Waals surface area contributed by atoms with Gasteiger partial charge in [-0.1, -0.05) is 23.4 Å². The van der Waals surface area contributed by atoms with E-state index in [0.717, 1.165) is 11.3 Å².